The Morgan fingerprint density at radius 2 is 2.19 bits per heavy atom. The summed E-state index contributed by atoms with van der Waals surface area (Å²) in [5.74, 6) is 0. The first-order valence-corrected chi connectivity index (χ1v) is 8.05. The second-order valence-electron chi connectivity index (χ2n) is 4.11. The van der Waals surface area contributed by atoms with Crippen molar-refractivity contribution in [2.24, 2.45) is 0 Å². The maximum Gasteiger partial charge on any atom is 0.421 e. The molecule has 0 fully saturated rings. The Labute approximate surface area is 124 Å². The molecule has 0 aliphatic carbocycles. The van der Waals surface area contributed by atoms with Gasteiger partial charge in [0.15, 0.2) is 0 Å². The van der Waals surface area contributed by atoms with Crippen LogP contribution in [0.25, 0.3) is 0 Å². The minimum absolute atomic E-state index is 0.111. The molecule has 0 atom stereocenters. The third kappa shape index (κ3) is 8.23. The molecule has 0 spiro atoms. The zero-order valence-electron chi connectivity index (χ0n) is 11.8. The lowest BCUT2D eigenvalue weighted by molar-refractivity contribution is 0.158. The molecular weight excluding hydrogens is 296 g/mol. The molecule has 1 amide bonds. The Morgan fingerprint density at radius 3 is 2.86 bits per heavy atom. The second kappa shape index (κ2) is 9.27. The van der Waals surface area contributed by atoms with Crippen LogP contribution >= 0.6 is 0 Å². The highest BCUT2D eigenvalue weighted by Crippen LogP contribution is 1.94. The first kappa shape index (κ1) is 17.3. The molecule has 21 heavy (non-hydrogen) atoms. The predicted octanol–water partition coefficient (Wildman–Crippen LogP) is 0.142. The number of carbonyl (C=O) groups excluding carboxylic acids is 1. The summed E-state index contributed by atoms with van der Waals surface area (Å²) >= 11 is 0. The Morgan fingerprint density at radius 1 is 1.38 bits per heavy atom. The monoisotopic (exact) mass is 316 g/mol. The summed E-state index contributed by atoms with van der Waals surface area (Å²) in [6.07, 6.45) is 3.07. The Balaban J connectivity index is 2.12. The van der Waals surface area contributed by atoms with Crippen molar-refractivity contribution in [3.63, 3.8) is 0 Å². The molecule has 0 saturated heterocycles. The third-order valence-corrected chi connectivity index (χ3v) is 3.39. The molecule has 1 aromatic heterocycles. The molecule has 0 saturated carbocycles. The summed E-state index contributed by atoms with van der Waals surface area (Å²) in [6.45, 7) is 3.22. The van der Waals surface area contributed by atoms with E-state index >= 15 is 0 Å². The molecule has 8 nitrogen and oxygen atoms in total. The van der Waals surface area contributed by atoms with Crippen LogP contribution in [0.3, 0.4) is 0 Å². The summed E-state index contributed by atoms with van der Waals surface area (Å²) in [6, 6.07) is 3.80. The molecule has 118 valence electrons. The van der Waals surface area contributed by atoms with Crippen LogP contribution in [0.2, 0.25) is 0 Å². The van der Waals surface area contributed by atoms with Crippen molar-refractivity contribution in [1.29, 1.82) is 0 Å². The van der Waals surface area contributed by atoms with Gasteiger partial charge >= 0.3 is 16.3 Å². The molecule has 0 aliphatic heterocycles. The molecule has 1 heterocycles. The fourth-order valence-corrected chi connectivity index (χ4v) is 2.23. The zero-order chi connectivity index (χ0) is 15.6. The van der Waals surface area contributed by atoms with Crippen molar-refractivity contribution in [3.05, 3.63) is 30.1 Å². The van der Waals surface area contributed by atoms with Crippen LogP contribution in [0.15, 0.2) is 24.5 Å². The molecule has 9 heteroatoms. The number of amides is 1. The minimum atomic E-state index is -3.85. The van der Waals surface area contributed by atoms with Gasteiger partial charge in [0.05, 0.1) is 6.61 Å². The molecule has 0 unspecified atom stereocenters. The summed E-state index contributed by atoms with van der Waals surface area (Å²) in [5.41, 5.74) is 1.06. The van der Waals surface area contributed by atoms with E-state index in [1.807, 2.05) is 12.1 Å². The lowest BCUT2D eigenvalue weighted by Crippen LogP contribution is -2.41. The second-order valence-corrected chi connectivity index (χ2v) is 5.61. The van der Waals surface area contributed by atoms with E-state index in [4.69, 9.17) is 0 Å². The molecule has 0 bridgehead atoms. The Kier molecular flexibility index (Phi) is 7.65. The zero-order valence-corrected chi connectivity index (χ0v) is 12.6. The van der Waals surface area contributed by atoms with Crippen LogP contribution in [-0.4, -0.2) is 39.2 Å². The fourth-order valence-electron chi connectivity index (χ4n) is 1.46. The standard InChI is InChI=1S/C12H20N4O4S/c1-2-20-12(17)16-21(18,19)15-8-4-7-14-10-11-5-3-6-13-9-11/h3,5-6,9,14-15H,2,4,7-8,10H2,1H3,(H,16,17). The van der Waals surface area contributed by atoms with Crippen molar-refractivity contribution < 1.29 is 17.9 Å². The number of hydrogen-bond donors (Lipinski definition) is 3. The van der Waals surface area contributed by atoms with Crippen molar-refractivity contribution >= 4 is 16.3 Å². The van der Waals surface area contributed by atoms with E-state index in [0.717, 1.165) is 5.56 Å². The summed E-state index contributed by atoms with van der Waals surface area (Å²) in [5, 5.41) is 3.16. The smallest absolute Gasteiger partial charge is 0.421 e. The van der Waals surface area contributed by atoms with Crippen LogP contribution in [0.1, 0.15) is 18.9 Å². The van der Waals surface area contributed by atoms with E-state index in [-0.39, 0.29) is 13.2 Å². The van der Waals surface area contributed by atoms with Gasteiger partial charge in [0.1, 0.15) is 0 Å². The van der Waals surface area contributed by atoms with Gasteiger partial charge in [-0.15, -0.1) is 0 Å². The van der Waals surface area contributed by atoms with Crippen molar-refractivity contribution in [1.82, 2.24) is 19.7 Å². The van der Waals surface area contributed by atoms with Gasteiger partial charge in [-0.1, -0.05) is 6.07 Å². The highest BCUT2D eigenvalue weighted by atomic mass is 32.2. The number of nitrogens with one attached hydrogen (secondary N) is 3. The van der Waals surface area contributed by atoms with E-state index in [0.29, 0.717) is 19.5 Å². The van der Waals surface area contributed by atoms with E-state index < -0.39 is 16.3 Å². The first-order valence-electron chi connectivity index (χ1n) is 6.57. The van der Waals surface area contributed by atoms with E-state index in [1.165, 1.54) is 0 Å². The van der Waals surface area contributed by atoms with Crippen LogP contribution in [0, 0.1) is 0 Å². The highest BCUT2D eigenvalue weighted by Gasteiger charge is 2.13. The maximum absolute atomic E-state index is 11.4. The number of pyridine rings is 1. The molecule has 1 rings (SSSR count). The van der Waals surface area contributed by atoms with Crippen LogP contribution in [0.4, 0.5) is 4.79 Å². The van der Waals surface area contributed by atoms with Gasteiger partial charge in [-0.25, -0.2) is 9.52 Å². The van der Waals surface area contributed by atoms with Gasteiger partial charge in [-0.3, -0.25) is 4.98 Å². The first-order chi connectivity index (χ1) is 10.0. The van der Waals surface area contributed by atoms with E-state index in [2.05, 4.69) is 19.8 Å². The molecule has 0 aliphatic rings. The molecule has 0 radical (unpaired) electrons. The number of ether oxygens (including phenoxy) is 1. The van der Waals surface area contributed by atoms with Gasteiger partial charge in [0.2, 0.25) is 0 Å². The van der Waals surface area contributed by atoms with Gasteiger partial charge in [-0.2, -0.15) is 13.1 Å². The van der Waals surface area contributed by atoms with Crippen LogP contribution < -0.4 is 14.8 Å². The largest absolute Gasteiger partial charge is 0.449 e. The highest BCUT2D eigenvalue weighted by molar-refractivity contribution is 7.88. The van der Waals surface area contributed by atoms with Gasteiger partial charge in [-0.05, 0) is 31.5 Å². The van der Waals surface area contributed by atoms with Crippen molar-refractivity contribution in [3.8, 4) is 0 Å². The maximum atomic E-state index is 11.4. The number of rotatable bonds is 9. The summed E-state index contributed by atoms with van der Waals surface area (Å²) < 4.78 is 31.3. The SMILES string of the molecule is CCOC(=O)NS(=O)(=O)NCCCNCc1cccnc1. The van der Waals surface area contributed by atoms with Crippen LogP contribution in [-0.2, 0) is 21.5 Å². The van der Waals surface area contributed by atoms with E-state index in [1.54, 1.807) is 24.0 Å². The molecular formula is C12H20N4O4S. The fraction of sp³-hybridized carbons (Fsp3) is 0.500. The normalized spacial score (nSPS) is 11.1. The number of nitrogens with zero attached hydrogens (tertiary/aromatic N) is 1. The lowest BCUT2D eigenvalue weighted by atomic mass is 10.3. The molecule has 1 aromatic rings. The quantitative estimate of drug-likeness (QED) is 0.559. The lowest BCUT2D eigenvalue weighted by Gasteiger charge is -2.08. The van der Waals surface area contributed by atoms with E-state index in [9.17, 15) is 13.2 Å². The van der Waals surface area contributed by atoms with Gasteiger partial charge < -0.3 is 10.1 Å². The van der Waals surface area contributed by atoms with Gasteiger partial charge in [0, 0.05) is 25.5 Å². The third-order valence-electron chi connectivity index (χ3n) is 2.37. The molecule has 3 N–H and O–H groups in total. The number of carbonyl (C=O) groups is 1. The minimum Gasteiger partial charge on any atom is -0.449 e. The number of aromatic nitrogens is 1. The number of hydrogen-bond acceptors (Lipinski definition) is 6. The topological polar surface area (TPSA) is 109 Å². The summed E-state index contributed by atoms with van der Waals surface area (Å²) in [4.78, 5) is 15.0. The average Bonchev–Trinajstić information content (AvgIpc) is 2.43. The Hall–Kier alpha value is -1.71. The van der Waals surface area contributed by atoms with Gasteiger partial charge in [0.25, 0.3) is 0 Å². The van der Waals surface area contributed by atoms with Crippen molar-refractivity contribution in [2.75, 3.05) is 19.7 Å². The predicted molar refractivity (Wildman–Crippen MR) is 77.6 cm³/mol. The average molecular weight is 316 g/mol. The molecule has 0 aromatic carbocycles. The van der Waals surface area contributed by atoms with Crippen LogP contribution in [0.5, 0.6) is 0 Å². The van der Waals surface area contributed by atoms with Crippen molar-refractivity contribution in [2.45, 2.75) is 19.9 Å². The Bertz CT molecular complexity index is 521. The summed E-state index contributed by atoms with van der Waals surface area (Å²) in [7, 11) is -3.85.